The highest BCUT2D eigenvalue weighted by Crippen LogP contribution is 2.20. The highest BCUT2D eigenvalue weighted by molar-refractivity contribution is 5.50. The summed E-state index contributed by atoms with van der Waals surface area (Å²) >= 11 is 0. The van der Waals surface area contributed by atoms with Crippen LogP contribution in [0.1, 0.15) is 18.9 Å². The minimum atomic E-state index is 0.829. The topological polar surface area (TPSA) is 44.3 Å². The van der Waals surface area contributed by atoms with E-state index in [-0.39, 0.29) is 0 Å². The Hall–Kier alpha value is -2.30. The summed E-state index contributed by atoms with van der Waals surface area (Å²) in [7, 11) is 0. The molecule has 3 rings (SSSR count). The van der Waals surface area contributed by atoms with Crippen molar-refractivity contribution in [2.75, 3.05) is 47.8 Å². The van der Waals surface area contributed by atoms with Gasteiger partial charge in [-0.05, 0) is 37.1 Å². The molecule has 5 heteroatoms. The summed E-state index contributed by atoms with van der Waals surface area (Å²) < 4.78 is 0. The van der Waals surface area contributed by atoms with Crippen LogP contribution in [0.5, 0.6) is 0 Å². The minimum Gasteiger partial charge on any atom is -0.370 e. The van der Waals surface area contributed by atoms with Crippen molar-refractivity contribution in [1.82, 2.24) is 9.97 Å². The summed E-state index contributed by atoms with van der Waals surface area (Å²) in [5.41, 5.74) is 2.62. The molecular formula is C18H25N5. The Bertz CT molecular complexity index is 635. The molecule has 2 heterocycles. The van der Waals surface area contributed by atoms with Gasteiger partial charge >= 0.3 is 0 Å². The molecule has 122 valence electrons. The van der Waals surface area contributed by atoms with E-state index in [1.165, 1.54) is 11.3 Å². The van der Waals surface area contributed by atoms with Crippen molar-refractivity contribution in [3.8, 4) is 0 Å². The van der Waals surface area contributed by atoms with E-state index in [9.17, 15) is 0 Å². The number of hydrogen-bond acceptors (Lipinski definition) is 5. The first-order valence-electron chi connectivity index (χ1n) is 8.40. The van der Waals surface area contributed by atoms with Gasteiger partial charge in [-0.25, -0.2) is 4.98 Å². The van der Waals surface area contributed by atoms with Gasteiger partial charge in [-0.15, -0.1) is 0 Å². The van der Waals surface area contributed by atoms with Crippen LogP contribution < -0.4 is 15.1 Å². The number of benzene rings is 1. The molecule has 1 N–H and O–H groups in total. The largest absolute Gasteiger partial charge is 0.370 e. The summed E-state index contributed by atoms with van der Waals surface area (Å²) in [4.78, 5) is 13.8. The lowest BCUT2D eigenvalue weighted by atomic mass is 10.2. The van der Waals surface area contributed by atoms with Gasteiger partial charge in [-0.1, -0.05) is 19.1 Å². The fourth-order valence-electron chi connectivity index (χ4n) is 2.84. The molecule has 0 saturated carbocycles. The molecule has 0 unspecified atom stereocenters. The number of piperazine rings is 1. The molecule has 0 atom stereocenters. The lowest BCUT2D eigenvalue weighted by Gasteiger charge is -2.36. The van der Waals surface area contributed by atoms with Crippen molar-refractivity contribution in [3.05, 3.63) is 42.1 Å². The fourth-order valence-corrected chi connectivity index (χ4v) is 2.84. The summed E-state index contributed by atoms with van der Waals surface area (Å²) in [5, 5.41) is 3.33. The fraction of sp³-hybridized carbons (Fsp3) is 0.444. The lowest BCUT2D eigenvalue weighted by Crippen LogP contribution is -2.47. The van der Waals surface area contributed by atoms with E-state index < -0.39 is 0 Å². The molecule has 1 aliphatic heterocycles. The Morgan fingerprint density at radius 2 is 1.87 bits per heavy atom. The van der Waals surface area contributed by atoms with Gasteiger partial charge < -0.3 is 15.1 Å². The Morgan fingerprint density at radius 3 is 2.61 bits per heavy atom. The van der Waals surface area contributed by atoms with E-state index in [0.29, 0.717) is 0 Å². The smallest absolute Gasteiger partial charge is 0.227 e. The summed E-state index contributed by atoms with van der Waals surface area (Å²) in [6.07, 6.45) is 2.93. The van der Waals surface area contributed by atoms with Crippen LogP contribution >= 0.6 is 0 Å². The normalized spacial score (nSPS) is 14.9. The second-order valence-electron chi connectivity index (χ2n) is 5.98. The maximum Gasteiger partial charge on any atom is 0.227 e. The standard InChI is InChI=1S/C18H25N5/c1-3-8-19-17-7-9-20-18(21-17)23-12-10-22(11-13-23)16-6-4-5-15(2)14-16/h4-7,9,14H,3,8,10-13H2,1-2H3,(H,19,20,21). The maximum atomic E-state index is 4.63. The summed E-state index contributed by atoms with van der Waals surface area (Å²) in [6.45, 7) is 9.13. The van der Waals surface area contributed by atoms with Crippen LogP contribution in [0.3, 0.4) is 0 Å². The first kappa shape index (κ1) is 15.6. The van der Waals surface area contributed by atoms with Crippen LogP contribution in [0.4, 0.5) is 17.5 Å². The van der Waals surface area contributed by atoms with Gasteiger partial charge in [-0.3, -0.25) is 0 Å². The summed E-state index contributed by atoms with van der Waals surface area (Å²) in [5.74, 6) is 1.74. The molecule has 1 aliphatic rings. The quantitative estimate of drug-likeness (QED) is 0.920. The van der Waals surface area contributed by atoms with Gasteiger partial charge in [-0.2, -0.15) is 4.98 Å². The van der Waals surface area contributed by atoms with Crippen molar-refractivity contribution >= 4 is 17.5 Å². The average molecular weight is 311 g/mol. The van der Waals surface area contributed by atoms with Gasteiger partial charge in [0, 0.05) is 44.6 Å². The van der Waals surface area contributed by atoms with Crippen LogP contribution in [0.2, 0.25) is 0 Å². The molecule has 0 bridgehead atoms. The SMILES string of the molecule is CCCNc1ccnc(N2CCN(c3cccc(C)c3)CC2)n1. The van der Waals surface area contributed by atoms with E-state index in [4.69, 9.17) is 0 Å². The van der Waals surface area contributed by atoms with Gasteiger partial charge in [0.2, 0.25) is 5.95 Å². The molecule has 23 heavy (non-hydrogen) atoms. The lowest BCUT2D eigenvalue weighted by molar-refractivity contribution is 0.640. The highest BCUT2D eigenvalue weighted by Gasteiger charge is 2.19. The number of aryl methyl sites for hydroxylation is 1. The van der Waals surface area contributed by atoms with Crippen molar-refractivity contribution in [3.63, 3.8) is 0 Å². The average Bonchev–Trinajstić information content (AvgIpc) is 2.60. The molecule has 5 nitrogen and oxygen atoms in total. The molecule has 0 amide bonds. The number of aromatic nitrogens is 2. The Morgan fingerprint density at radius 1 is 1.09 bits per heavy atom. The minimum absolute atomic E-state index is 0.829. The molecule has 0 spiro atoms. The zero-order valence-corrected chi connectivity index (χ0v) is 14.0. The van der Waals surface area contributed by atoms with Gasteiger partial charge in [0.1, 0.15) is 5.82 Å². The van der Waals surface area contributed by atoms with Crippen molar-refractivity contribution < 1.29 is 0 Å². The molecular weight excluding hydrogens is 286 g/mol. The van der Waals surface area contributed by atoms with Crippen LogP contribution in [-0.4, -0.2) is 42.7 Å². The third-order valence-corrected chi connectivity index (χ3v) is 4.13. The first-order chi connectivity index (χ1) is 11.3. The predicted octanol–water partition coefficient (Wildman–Crippen LogP) is 2.93. The number of nitrogens with zero attached hydrogens (tertiary/aromatic N) is 4. The highest BCUT2D eigenvalue weighted by atomic mass is 15.3. The van der Waals surface area contributed by atoms with Crippen molar-refractivity contribution in [2.24, 2.45) is 0 Å². The van der Waals surface area contributed by atoms with E-state index in [2.05, 4.69) is 63.2 Å². The number of hydrogen-bond donors (Lipinski definition) is 1. The van der Waals surface area contributed by atoms with E-state index >= 15 is 0 Å². The van der Waals surface area contributed by atoms with E-state index in [1.54, 1.807) is 0 Å². The second-order valence-corrected chi connectivity index (χ2v) is 5.98. The van der Waals surface area contributed by atoms with Crippen LogP contribution in [0, 0.1) is 6.92 Å². The zero-order valence-electron chi connectivity index (χ0n) is 14.0. The third kappa shape index (κ3) is 3.92. The third-order valence-electron chi connectivity index (χ3n) is 4.13. The number of nitrogens with one attached hydrogen (secondary N) is 1. The first-order valence-corrected chi connectivity index (χ1v) is 8.40. The van der Waals surface area contributed by atoms with Crippen molar-refractivity contribution in [2.45, 2.75) is 20.3 Å². The van der Waals surface area contributed by atoms with Gasteiger partial charge in [0.15, 0.2) is 0 Å². The Kier molecular flexibility index (Phi) is 4.95. The van der Waals surface area contributed by atoms with Gasteiger partial charge in [0.05, 0.1) is 0 Å². The molecule has 1 aromatic carbocycles. The van der Waals surface area contributed by atoms with E-state index in [1.807, 2.05) is 12.3 Å². The zero-order chi connectivity index (χ0) is 16.1. The van der Waals surface area contributed by atoms with Crippen LogP contribution in [0.15, 0.2) is 36.5 Å². The molecule has 0 radical (unpaired) electrons. The van der Waals surface area contributed by atoms with Crippen molar-refractivity contribution in [1.29, 1.82) is 0 Å². The number of rotatable bonds is 5. The monoisotopic (exact) mass is 311 g/mol. The predicted molar refractivity (Wildman–Crippen MR) is 96.4 cm³/mol. The molecule has 1 aromatic heterocycles. The molecule has 2 aromatic rings. The molecule has 1 saturated heterocycles. The number of anilines is 3. The van der Waals surface area contributed by atoms with Gasteiger partial charge in [0.25, 0.3) is 0 Å². The Labute approximate surface area is 138 Å². The Balaban J connectivity index is 1.62. The summed E-state index contributed by atoms with van der Waals surface area (Å²) in [6, 6.07) is 10.6. The maximum absolute atomic E-state index is 4.63. The van der Waals surface area contributed by atoms with E-state index in [0.717, 1.165) is 50.9 Å². The molecule has 1 fully saturated rings. The van der Waals surface area contributed by atoms with Crippen LogP contribution in [0.25, 0.3) is 0 Å². The molecule has 0 aliphatic carbocycles. The van der Waals surface area contributed by atoms with Crippen LogP contribution in [-0.2, 0) is 0 Å². The second kappa shape index (κ2) is 7.31.